The van der Waals surface area contributed by atoms with E-state index < -0.39 is 0 Å². The molecule has 0 radical (unpaired) electrons. The molecule has 25 heavy (non-hydrogen) atoms. The van der Waals surface area contributed by atoms with Gasteiger partial charge in [0.1, 0.15) is 0 Å². The van der Waals surface area contributed by atoms with Crippen LogP contribution in [-0.4, -0.2) is 54.5 Å². The number of aryl methyl sites for hydroxylation is 1. The average Bonchev–Trinajstić information content (AvgIpc) is 3.33. The third-order valence-corrected chi connectivity index (χ3v) is 6.00. The fourth-order valence-corrected chi connectivity index (χ4v) is 4.50. The molecule has 1 spiro atoms. The van der Waals surface area contributed by atoms with E-state index in [2.05, 4.69) is 25.1 Å². The molecule has 0 bridgehead atoms. The first kappa shape index (κ1) is 16.6. The highest BCUT2D eigenvalue weighted by molar-refractivity contribution is 5.87. The molecule has 0 N–H and O–H groups in total. The van der Waals surface area contributed by atoms with Crippen LogP contribution in [0.15, 0.2) is 24.3 Å². The monoisotopic (exact) mass is 342 g/mol. The van der Waals surface area contributed by atoms with Crippen molar-refractivity contribution in [2.45, 2.75) is 32.7 Å². The molecule has 3 saturated heterocycles. The zero-order valence-electron chi connectivity index (χ0n) is 14.9. The fourth-order valence-electron chi connectivity index (χ4n) is 4.50. The van der Waals surface area contributed by atoms with Crippen LogP contribution in [0, 0.1) is 18.3 Å². The number of likely N-dealkylation sites (tertiary alicyclic amines) is 2. The summed E-state index contributed by atoms with van der Waals surface area (Å²) in [6.45, 7) is 6.05. The quantitative estimate of drug-likeness (QED) is 0.844. The summed E-state index contributed by atoms with van der Waals surface area (Å²) in [4.78, 5) is 29.6. The highest BCUT2D eigenvalue weighted by Gasteiger charge is 2.52. The molecule has 2 amide bonds. The molecule has 3 fully saturated rings. The molecule has 3 heterocycles. The maximum atomic E-state index is 13.1. The van der Waals surface area contributed by atoms with E-state index in [9.17, 15) is 9.59 Å². The minimum absolute atomic E-state index is 0.00458. The van der Waals surface area contributed by atoms with Gasteiger partial charge in [-0.1, -0.05) is 29.8 Å². The van der Waals surface area contributed by atoms with Gasteiger partial charge in [-0.3, -0.25) is 9.59 Å². The second-order valence-electron chi connectivity index (χ2n) is 7.82. The van der Waals surface area contributed by atoms with E-state index in [0.29, 0.717) is 32.8 Å². The Bertz CT molecular complexity index is 683. The number of benzene rings is 1. The number of carbonyl (C=O) groups is 2. The minimum atomic E-state index is -0.348. The number of hydrogen-bond acceptors (Lipinski definition) is 3. The standard InChI is InChI=1S/C20H26N2O3/c1-15-3-2-4-16(11-15)12-21-8-6-20(19(21)24)7-9-22(14-20)18(23)17-5-10-25-13-17/h2-4,11,17H,5-10,12-14H2,1H3/t17-,20-/m1/s1. The van der Waals surface area contributed by atoms with Crippen LogP contribution >= 0.6 is 0 Å². The first-order chi connectivity index (χ1) is 12.1. The molecular weight excluding hydrogens is 316 g/mol. The maximum Gasteiger partial charge on any atom is 0.231 e. The van der Waals surface area contributed by atoms with E-state index in [0.717, 1.165) is 25.8 Å². The molecule has 2 atom stereocenters. The minimum Gasteiger partial charge on any atom is -0.381 e. The largest absolute Gasteiger partial charge is 0.381 e. The van der Waals surface area contributed by atoms with Crippen LogP contribution in [-0.2, 0) is 20.9 Å². The highest BCUT2D eigenvalue weighted by Crippen LogP contribution is 2.41. The number of hydrogen-bond donors (Lipinski definition) is 0. The topological polar surface area (TPSA) is 49.9 Å². The summed E-state index contributed by atoms with van der Waals surface area (Å²) >= 11 is 0. The molecule has 5 heteroatoms. The van der Waals surface area contributed by atoms with Crippen molar-refractivity contribution >= 4 is 11.8 Å². The average molecular weight is 342 g/mol. The van der Waals surface area contributed by atoms with Gasteiger partial charge in [-0.05, 0) is 31.7 Å². The van der Waals surface area contributed by atoms with Gasteiger partial charge < -0.3 is 14.5 Å². The number of amides is 2. The van der Waals surface area contributed by atoms with Crippen LogP contribution < -0.4 is 0 Å². The van der Waals surface area contributed by atoms with Crippen LogP contribution in [0.2, 0.25) is 0 Å². The van der Waals surface area contributed by atoms with Gasteiger partial charge in [0.15, 0.2) is 0 Å². The lowest BCUT2D eigenvalue weighted by molar-refractivity contribution is -0.138. The zero-order valence-corrected chi connectivity index (χ0v) is 14.9. The Morgan fingerprint density at radius 1 is 1.32 bits per heavy atom. The maximum absolute atomic E-state index is 13.1. The van der Waals surface area contributed by atoms with Gasteiger partial charge in [-0.2, -0.15) is 0 Å². The summed E-state index contributed by atoms with van der Waals surface area (Å²) in [5.74, 6) is 0.404. The second-order valence-corrected chi connectivity index (χ2v) is 7.82. The predicted octanol–water partition coefficient (Wildman–Crippen LogP) is 1.98. The third-order valence-electron chi connectivity index (χ3n) is 6.00. The van der Waals surface area contributed by atoms with Gasteiger partial charge in [0.05, 0.1) is 17.9 Å². The van der Waals surface area contributed by atoms with E-state index >= 15 is 0 Å². The van der Waals surface area contributed by atoms with Crippen LogP contribution in [0.25, 0.3) is 0 Å². The van der Waals surface area contributed by atoms with Crippen molar-refractivity contribution in [2.75, 3.05) is 32.8 Å². The molecule has 1 aromatic carbocycles. The van der Waals surface area contributed by atoms with E-state index in [1.54, 1.807) is 0 Å². The van der Waals surface area contributed by atoms with Gasteiger partial charge >= 0.3 is 0 Å². The number of rotatable bonds is 3. The van der Waals surface area contributed by atoms with Crippen LogP contribution in [0.1, 0.15) is 30.4 Å². The Balaban J connectivity index is 1.42. The normalized spacial score (nSPS) is 29.2. The molecule has 134 valence electrons. The zero-order chi connectivity index (χ0) is 17.4. The fraction of sp³-hybridized carbons (Fsp3) is 0.600. The van der Waals surface area contributed by atoms with Gasteiger partial charge in [0.2, 0.25) is 11.8 Å². The van der Waals surface area contributed by atoms with Gasteiger partial charge in [0.25, 0.3) is 0 Å². The van der Waals surface area contributed by atoms with Crippen molar-refractivity contribution in [1.29, 1.82) is 0 Å². The number of ether oxygens (including phenoxy) is 1. The van der Waals surface area contributed by atoms with E-state index in [-0.39, 0.29) is 23.1 Å². The Hall–Kier alpha value is -1.88. The molecular formula is C20H26N2O3. The first-order valence-electron chi connectivity index (χ1n) is 9.29. The second kappa shape index (κ2) is 6.45. The van der Waals surface area contributed by atoms with Gasteiger partial charge in [-0.25, -0.2) is 0 Å². The van der Waals surface area contributed by atoms with Gasteiger partial charge in [0, 0.05) is 32.8 Å². The number of carbonyl (C=O) groups excluding carboxylic acids is 2. The van der Waals surface area contributed by atoms with E-state index in [1.165, 1.54) is 11.1 Å². The van der Waals surface area contributed by atoms with E-state index in [1.807, 2.05) is 15.9 Å². The lowest BCUT2D eigenvalue weighted by Crippen LogP contribution is -2.40. The summed E-state index contributed by atoms with van der Waals surface area (Å²) in [5, 5.41) is 0. The molecule has 0 saturated carbocycles. The molecule has 0 unspecified atom stereocenters. The predicted molar refractivity (Wildman–Crippen MR) is 93.8 cm³/mol. The lowest BCUT2D eigenvalue weighted by Gasteiger charge is -2.25. The highest BCUT2D eigenvalue weighted by atomic mass is 16.5. The summed E-state index contributed by atoms with van der Waals surface area (Å²) in [5.41, 5.74) is 2.05. The molecule has 5 nitrogen and oxygen atoms in total. The Morgan fingerprint density at radius 2 is 2.16 bits per heavy atom. The molecule has 0 aromatic heterocycles. The third kappa shape index (κ3) is 3.06. The number of nitrogens with zero attached hydrogens (tertiary/aromatic N) is 2. The van der Waals surface area contributed by atoms with Crippen molar-refractivity contribution in [2.24, 2.45) is 11.3 Å². The smallest absolute Gasteiger partial charge is 0.231 e. The van der Waals surface area contributed by atoms with E-state index in [4.69, 9.17) is 4.74 Å². The Labute approximate surface area is 148 Å². The van der Waals surface area contributed by atoms with Crippen molar-refractivity contribution in [3.63, 3.8) is 0 Å². The molecule has 4 rings (SSSR count). The summed E-state index contributed by atoms with van der Waals surface area (Å²) < 4.78 is 5.35. The summed E-state index contributed by atoms with van der Waals surface area (Å²) in [7, 11) is 0. The van der Waals surface area contributed by atoms with Gasteiger partial charge in [-0.15, -0.1) is 0 Å². The van der Waals surface area contributed by atoms with Crippen molar-refractivity contribution in [3.8, 4) is 0 Å². The molecule has 0 aliphatic carbocycles. The first-order valence-corrected chi connectivity index (χ1v) is 9.29. The SMILES string of the molecule is Cc1cccc(CN2CC[C@]3(CCN(C(=O)[C@@H]4CCOC4)C3)C2=O)c1. The molecule has 1 aromatic rings. The molecule has 3 aliphatic rings. The van der Waals surface area contributed by atoms with Crippen molar-refractivity contribution in [1.82, 2.24) is 9.80 Å². The lowest BCUT2D eigenvalue weighted by atomic mass is 9.85. The Kier molecular flexibility index (Phi) is 4.28. The van der Waals surface area contributed by atoms with Crippen LogP contribution in [0.4, 0.5) is 0 Å². The summed E-state index contributed by atoms with van der Waals surface area (Å²) in [6.07, 6.45) is 2.48. The van der Waals surface area contributed by atoms with Crippen molar-refractivity contribution in [3.05, 3.63) is 35.4 Å². The van der Waals surface area contributed by atoms with Crippen LogP contribution in [0.3, 0.4) is 0 Å². The Morgan fingerprint density at radius 3 is 2.92 bits per heavy atom. The summed E-state index contributed by atoms with van der Waals surface area (Å²) in [6, 6.07) is 8.34. The molecule has 3 aliphatic heterocycles. The van der Waals surface area contributed by atoms with Crippen molar-refractivity contribution < 1.29 is 14.3 Å². The van der Waals surface area contributed by atoms with Crippen LogP contribution in [0.5, 0.6) is 0 Å².